The number of nitrogens with zero attached hydrogens (tertiary/aromatic N) is 1. The summed E-state index contributed by atoms with van der Waals surface area (Å²) in [7, 11) is 3.54. The molecule has 0 saturated heterocycles. The number of benzene rings is 1. The van der Waals surface area contributed by atoms with Crippen molar-refractivity contribution in [3.05, 3.63) is 35.9 Å². The van der Waals surface area contributed by atoms with E-state index in [0.717, 1.165) is 37.7 Å². The predicted octanol–water partition coefficient (Wildman–Crippen LogP) is 2.95. The first-order valence-corrected chi connectivity index (χ1v) is 8.20. The SMILES string of the molecule is CN(C)C(=O)C1(CNC(=O)OCc2ccccc2)CCCCC1. The Labute approximate surface area is 138 Å². The van der Waals surface area contributed by atoms with E-state index in [1.165, 1.54) is 0 Å². The van der Waals surface area contributed by atoms with Crippen LogP contribution in [0.2, 0.25) is 0 Å². The highest BCUT2D eigenvalue weighted by Crippen LogP contribution is 2.37. The molecule has 0 radical (unpaired) electrons. The molecule has 0 aromatic heterocycles. The molecular formula is C18H26N2O3. The van der Waals surface area contributed by atoms with Crippen LogP contribution in [0.4, 0.5) is 4.79 Å². The first kappa shape index (κ1) is 17.3. The zero-order valence-electron chi connectivity index (χ0n) is 14.0. The van der Waals surface area contributed by atoms with Crippen LogP contribution in [0.5, 0.6) is 0 Å². The first-order chi connectivity index (χ1) is 11.0. The van der Waals surface area contributed by atoms with Crippen molar-refractivity contribution in [3.8, 4) is 0 Å². The maximum atomic E-state index is 12.5. The van der Waals surface area contributed by atoms with Crippen molar-refractivity contribution in [1.29, 1.82) is 0 Å². The molecule has 0 atom stereocenters. The molecule has 1 aromatic rings. The third kappa shape index (κ3) is 4.71. The van der Waals surface area contributed by atoms with Crippen molar-refractivity contribution in [2.24, 2.45) is 5.41 Å². The van der Waals surface area contributed by atoms with E-state index in [0.29, 0.717) is 6.54 Å². The lowest BCUT2D eigenvalue weighted by Gasteiger charge is -2.37. The zero-order valence-corrected chi connectivity index (χ0v) is 14.0. The van der Waals surface area contributed by atoms with E-state index < -0.39 is 11.5 Å². The molecule has 1 aromatic carbocycles. The third-order valence-corrected chi connectivity index (χ3v) is 4.45. The summed E-state index contributed by atoms with van der Waals surface area (Å²) in [6.45, 7) is 0.582. The molecule has 0 bridgehead atoms. The van der Waals surface area contributed by atoms with Gasteiger partial charge in [0.1, 0.15) is 6.61 Å². The van der Waals surface area contributed by atoms with Gasteiger partial charge in [-0.1, -0.05) is 49.6 Å². The number of amides is 2. The summed E-state index contributed by atoms with van der Waals surface area (Å²) in [6, 6.07) is 9.55. The number of ether oxygens (including phenoxy) is 1. The van der Waals surface area contributed by atoms with Crippen molar-refractivity contribution in [3.63, 3.8) is 0 Å². The molecule has 2 rings (SSSR count). The van der Waals surface area contributed by atoms with E-state index >= 15 is 0 Å². The van der Waals surface area contributed by atoms with Gasteiger partial charge in [0.25, 0.3) is 0 Å². The first-order valence-electron chi connectivity index (χ1n) is 8.20. The highest BCUT2D eigenvalue weighted by molar-refractivity contribution is 5.83. The van der Waals surface area contributed by atoms with Gasteiger partial charge in [0, 0.05) is 20.6 Å². The Morgan fingerprint density at radius 3 is 2.39 bits per heavy atom. The second-order valence-electron chi connectivity index (χ2n) is 6.46. The quantitative estimate of drug-likeness (QED) is 0.908. The fourth-order valence-electron chi connectivity index (χ4n) is 3.18. The molecule has 2 amide bonds. The van der Waals surface area contributed by atoms with Crippen LogP contribution >= 0.6 is 0 Å². The maximum absolute atomic E-state index is 12.5. The van der Waals surface area contributed by atoms with Crippen LogP contribution in [0, 0.1) is 5.41 Å². The molecule has 0 heterocycles. The standard InChI is InChI=1S/C18H26N2O3/c1-20(2)16(21)18(11-7-4-8-12-18)14-19-17(22)23-13-15-9-5-3-6-10-15/h3,5-6,9-10H,4,7-8,11-14H2,1-2H3,(H,19,22). The normalized spacial score (nSPS) is 16.4. The Morgan fingerprint density at radius 2 is 1.78 bits per heavy atom. The fourth-order valence-corrected chi connectivity index (χ4v) is 3.18. The maximum Gasteiger partial charge on any atom is 0.407 e. The van der Waals surface area contributed by atoms with Gasteiger partial charge in [-0.15, -0.1) is 0 Å². The average Bonchev–Trinajstić information content (AvgIpc) is 2.59. The van der Waals surface area contributed by atoms with Gasteiger partial charge in [0.2, 0.25) is 5.91 Å². The van der Waals surface area contributed by atoms with E-state index in [1.807, 2.05) is 30.3 Å². The summed E-state index contributed by atoms with van der Waals surface area (Å²) in [5.74, 6) is 0.0977. The largest absolute Gasteiger partial charge is 0.445 e. The fraction of sp³-hybridized carbons (Fsp3) is 0.556. The minimum absolute atomic E-state index is 0.0977. The molecule has 126 valence electrons. The molecule has 1 fully saturated rings. The van der Waals surface area contributed by atoms with Gasteiger partial charge >= 0.3 is 6.09 Å². The van der Waals surface area contributed by atoms with Gasteiger partial charge < -0.3 is 15.0 Å². The number of alkyl carbamates (subject to hydrolysis) is 1. The Balaban J connectivity index is 1.88. The lowest BCUT2D eigenvalue weighted by Crippen LogP contribution is -2.49. The number of hydrogen-bond acceptors (Lipinski definition) is 3. The summed E-state index contributed by atoms with van der Waals surface area (Å²) in [5, 5.41) is 2.79. The van der Waals surface area contributed by atoms with Crippen LogP contribution in [0.1, 0.15) is 37.7 Å². The number of nitrogens with one attached hydrogen (secondary N) is 1. The van der Waals surface area contributed by atoms with Crippen molar-refractivity contribution in [2.75, 3.05) is 20.6 Å². The van der Waals surface area contributed by atoms with Crippen LogP contribution < -0.4 is 5.32 Å². The van der Waals surface area contributed by atoms with Crippen LogP contribution in [0.15, 0.2) is 30.3 Å². The molecule has 0 unspecified atom stereocenters. The van der Waals surface area contributed by atoms with Gasteiger partial charge in [-0.3, -0.25) is 4.79 Å². The van der Waals surface area contributed by atoms with E-state index in [9.17, 15) is 9.59 Å². The highest BCUT2D eigenvalue weighted by Gasteiger charge is 2.40. The van der Waals surface area contributed by atoms with Gasteiger partial charge in [-0.25, -0.2) is 4.79 Å². The molecule has 1 N–H and O–H groups in total. The highest BCUT2D eigenvalue weighted by atomic mass is 16.5. The second-order valence-corrected chi connectivity index (χ2v) is 6.46. The molecular weight excluding hydrogens is 292 g/mol. The third-order valence-electron chi connectivity index (χ3n) is 4.45. The molecule has 1 aliphatic rings. The molecule has 1 saturated carbocycles. The summed E-state index contributed by atoms with van der Waals surface area (Å²) in [5.41, 5.74) is 0.465. The molecule has 5 heteroatoms. The zero-order chi connectivity index (χ0) is 16.7. The number of carbonyl (C=O) groups is 2. The Bertz CT molecular complexity index is 522. The van der Waals surface area contributed by atoms with Gasteiger partial charge in [0.05, 0.1) is 5.41 Å². The minimum atomic E-state index is -0.479. The molecule has 0 aliphatic heterocycles. The van der Waals surface area contributed by atoms with E-state index in [4.69, 9.17) is 4.74 Å². The monoisotopic (exact) mass is 318 g/mol. The van der Waals surface area contributed by atoms with Gasteiger partial charge in [-0.05, 0) is 18.4 Å². The van der Waals surface area contributed by atoms with Gasteiger partial charge in [-0.2, -0.15) is 0 Å². The van der Waals surface area contributed by atoms with Crippen molar-refractivity contribution in [1.82, 2.24) is 10.2 Å². The van der Waals surface area contributed by atoms with E-state index in [2.05, 4.69) is 5.32 Å². The summed E-state index contributed by atoms with van der Waals surface area (Å²) in [4.78, 5) is 26.1. The molecule has 23 heavy (non-hydrogen) atoms. The van der Waals surface area contributed by atoms with Crippen LogP contribution in [-0.2, 0) is 16.1 Å². The number of carbonyl (C=O) groups excluding carboxylic acids is 2. The summed E-state index contributed by atoms with van der Waals surface area (Å²) >= 11 is 0. The van der Waals surface area contributed by atoms with E-state index in [-0.39, 0.29) is 12.5 Å². The van der Waals surface area contributed by atoms with Crippen LogP contribution in [0.25, 0.3) is 0 Å². The molecule has 5 nitrogen and oxygen atoms in total. The topological polar surface area (TPSA) is 58.6 Å². The number of rotatable bonds is 5. The smallest absolute Gasteiger partial charge is 0.407 e. The Hall–Kier alpha value is -2.04. The van der Waals surface area contributed by atoms with Gasteiger partial charge in [0.15, 0.2) is 0 Å². The van der Waals surface area contributed by atoms with E-state index in [1.54, 1.807) is 19.0 Å². The summed E-state index contributed by atoms with van der Waals surface area (Å²) < 4.78 is 5.23. The number of hydrogen-bond donors (Lipinski definition) is 1. The predicted molar refractivity (Wildman–Crippen MR) is 88.8 cm³/mol. The van der Waals surface area contributed by atoms with Crippen molar-refractivity contribution < 1.29 is 14.3 Å². The lowest BCUT2D eigenvalue weighted by atomic mass is 9.73. The van der Waals surface area contributed by atoms with Crippen molar-refractivity contribution in [2.45, 2.75) is 38.7 Å². The Morgan fingerprint density at radius 1 is 1.13 bits per heavy atom. The van der Waals surface area contributed by atoms with Crippen LogP contribution in [-0.4, -0.2) is 37.5 Å². The summed E-state index contributed by atoms with van der Waals surface area (Å²) in [6.07, 6.45) is 4.39. The average molecular weight is 318 g/mol. The van der Waals surface area contributed by atoms with Crippen molar-refractivity contribution >= 4 is 12.0 Å². The lowest BCUT2D eigenvalue weighted by molar-refractivity contribution is -0.141. The molecule has 0 spiro atoms. The minimum Gasteiger partial charge on any atom is -0.445 e. The van der Waals surface area contributed by atoms with Crippen LogP contribution in [0.3, 0.4) is 0 Å². The molecule has 1 aliphatic carbocycles. The second kappa shape index (κ2) is 7.99. The Kier molecular flexibility index (Phi) is 6.02.